The Morgan fingerprint density at radius 2 is 1.90 bits per heavy atom. The van der Waals surface area contributed by atoms with E-state index < -0.39 is 11.6 Å². The number of benzene rings is 1. The van der Waals surface area contributed by atoms with Gasteiger partial charge < -0.3 is 10.6 Å². The molecule has 0 radical (unpaired) electrons. The Morgan fingerprint density at radius 1 is 1.24 bits per heavy atom. The first-order valence-corrected chi connectivity index (χ1v) is 10.6. The molecule has 0 aromatic heterocycles. The second-order valence-corrected chi connectivity index (χ2v) is 9.39. The molecule has 158 valence electrons. The predicted molar refractivity (Wildman–Crippen MR) is 114 cm³/mol. The Kier molecular flexibility index (Phi) is 5.74. The molecule has 1 saturated carbocycles. The zero-order valence-corrected chi connectivity index (χ0v) is 18.2. The Hall–Kier alpha value is -2.37. The zero-order chi connectivity index (χ0) is 21.4. The lowest BCUT2D eigenvalue weighted by Crippen LogP contribution is -2.51. The summed E-state index contributed by atoms with van der Waals surface area (Å²) in [4.78, 5) is 39.2. The molecular weight excluding hydrogens is 366 g/mol. The number of hydrogen-bond donors (Lipinski definition) is 2. The van der Waals surface area contributed by atoms with E-state index >= 15 is 0 Å². The fourth-order valence-electron chi connectivity index (χ4n) is 4.54. The number of aryl methyl sites for hydroxylation is 2. The standard InChI is InChI=1S/C23H33N3O3/c1-6-22(4,5)17-9-11-23(12-10-17)20(28)26(21(29)25-23)14-19(27)24-18-13-15(2)7-8-16(18)3/h7-8,13,17H,6,9-12,14H2,1-5H3,(H,24,27)(H,25,29). The van der Waals surface area contributed by atoms with Crippen LogP contribution in [-0.4, -0.2) is 34.8 Å². The maximum Gasteiger partial charge on any atom is 0.325 e. The average molecular weight is 400 g/mol. The molecule has 1 spiro atoms. The molecule has 1 aromatic carbocycles. The van der Waals surface area contributed by atoms with Gasteiger partial charge in [0.25, 0.3) is 5.91 Å². The SMILES string of the molecule is CCC(C)(C)C1CCC2(CC1)NC(=O)N(CC(=O)Nc1cc(C)ccc1C)C2=O. The fourth-order valence-corrected chi connectivity index (χ4v) is 4.54. The Bertz CT molecular complexity index is 823. The number of nitrogens with one attached hydrogen (secondary N) is 2. The second-order valence-electron chi connectivity index (χ2n) is 9.39. The van der Waals surface area contributed by atoms with Crippen molar-refractivity contribution in [2.24, 2.45) is 11.3 Å². The highest BCUT2D eigenvalue weighted by atomic mass is 16.2. The van der Waals surface area contributed by atoms with Crippen LogP contribution in [0, 0.1) is 25.2 Å². The van der Waals surface area contributed by atoms with Crippen molar-refractivity contribution in [2.75, 3.05) is 11.9 Å². The van der Waals surface area contributed by atoms with Crippen LogP contribution < -0.4 is 10.6 Å². The Morgan fingerprint density at radius 3 is 2.52 bits per heavy atom. The van der Waals surface area contributed by atoms with E-state index in [1.54, 1.807) is 0 Å². The third kappa shape index (κ3) is 4.16. The molecule has 6 heteroatoms. The second kappa shape index (κ2) is 7.81. The molecule has 3 rings (SSSR count). The van der Waals surface area contributed by atoms with Gasteiger partial charge in [0.1, 0.15) is 12.1 Å². The van der Waals surface area contributed by atoms with Crippen molar-refractivity contribution in [1.82, 2.24) is 10.2 Å². The van der Waals surface area contributed by atoms with E-state index in [9.17, 15) is 14.4 Å². The highest BCUT2D eigenvalue weighted by molar-refractivity contribution is 6.10. The number of nitrogens with zero attached hydrogens (tertiary/aromatic N) is 1. The number of anilines is 1. The third-order valence-corrected chi connectivity index (χ3v) is 7.07. The highest BCUT2D eigenvalue weighted by Gasteiger charge is 2.53. The summed E-state index contributed by atoms with van der Waals surface area (Å²) in [5.74, 6) is -0.0732. The number of carbonyl (C=O) groups excluding carboxylic acids is 3. The van der Waals surface area contributed by atoms with Gasteiger partial charge in [-0.05, 0) is 68.1 Å². The molecular formula is C23H33N3O3. The van der Waals surface area contributed by atoms with Gasteiger partial charge >= 0.3 is 6.03 Å². The number of carbonyl (C=O) groups is 3. The summed E-state index contributed by atoms with van der Waals surface area (Å²) in [6.07, 6.45) is 4.20. The van der Waals surface area contributed by atoms with Crippen molar-refractivity contribution < 1.29 is 14.4 Å². The summed E-state index contributed by atoms with van der Waals surface area (Å²) in [5.41, 5.74) is 2.08. The van der Waals surface area contributed by atoms with E-state index in [1.807, 2.05) is 32.0 Å². The number of amides is 4. The normalized spacial score (nSPS) is 24.7. The minimum Gasteiger partial charge on any atom is -0.324 e. The third-order valence-electron chi connectivity index (χ3n) is 7.07. The molecule has 1 aliphatic heterocycles. The van der Waals surface area contributed by atoms with Gasteiger partial charge in [-0.1, -0.05) is 39.3 Å². The molecule has 1 saturated heterocycles. The first-order valence-electron chi connectivity index (χ1n) is 10.6. The number of imide groups is 1. The van der Waals surface area contributed by atoms with Gasteiger partial charge in [0.2, 0.25) is 5.91 Å². The van der Waals surface area contributed by atoms with Gasteiger partial charge in [-0.15, -0.1) is 0 Å². The van der Waals surface area contributed by atoms with E-state index in [0.717, 1.165) is 35.3 Å². The monoisotopic (exact) mass is 399 g/mol. The van der Waals surface area contributed by atoms with E-state index in [4.69, 9.17) is 0 Å². The van der Waals surface area contributed by atoms with Crippen LogP contribution in [-0.2, 0) is 9.59 Å². The Labute approximate surface area is 173 Å². The summed E-state index contributed by atoms with van der Waals surface area (Å²) in [6.45, 7) is 10.3. The maximum absolute atomic E-state index is 13.1. The van der Waals surface area contributed by atoms with Crippen LogP contribution in [0.5, 0.6) is 0 Å². The van der Waals surface area contributed by atoms with E-state index in [-0.39, 0.29) is 23.8 Å². The average Bonchev–Trinajstić information content (AvgIpc) is 2.89. The van der Waals surface area contributed by atoms with Crippen LogP contribution in [0.1, 0.15) is 64.0 Å². The largest absolute Gasteiger partial charge is 0.325 e. The van der Waals surface area contributed by atoms with Gasteiger partial charge in [0.05, 0.1) is 0 Å². The van der Waals surface area contributed by atoms with Gasteiger partial charge in [0.15, 0.2) is 0 Å². The van der Waals surface area contributed by atoms with Crippen LogP contribution in [0.25, 0.3) is 0 Å². The Balaban J connectivity index is 1.65. The summed E-state index contributed by atoms with van der Waals surface area (Å²) in [5, 5.41) is 5.74. The molecule has 2 N–H and O–H groups in total. The molecule has 1 aliphatic carbocycles. The number of rotatable bonds is 5. The first-order chi connectivity index (χ1) is 13.6. The van der Waals surface area contributed by atoms with Crippen molar-refractivity contribution in [3.8, 4) is 0 Å². The predicted octanol–water partition coefficient (Wildman–Crippen LogP) is 4.16. The van der Waals surface area contributed by atoms with Crippen molar-refractivity contribution in [1.29, 1.82) is 0 Å². The minimum atomic E-state index is -0.836. The summed E-state index contributed by atoms with van der Waals surface area (Å²) in [6, 6.07) is 5.34. The van der Waals surface area contributed by atoms with Gasteiger partial charge in [0, 0.05) is 5.69 Å². The molecule has 0 bridgehead atoms. The van der Waals surface area contributed by atoms with Gasteiger partial charge in [-0.25, -0.2) is 4.79 Å². The number of urea groups is 1. The van der Waals surface area contributed by atoms with Crippen LogP contribution in [0.15, 0.2) is 18.2 Å². The van der Waals surface area contributed by atoms with E-state index in [1.165, 1.54) is 0 Å². The molecule has 6 nitrogen and oxygen atoms in total. The van der Waals surface area contributed by atoms with Gasteiger partial charge in [-0.3, -0.25) is 14.5 Å². The molecule has 0 unspecified atom stereocenters. The smallest absolute Gasteiger partial charge is 0.324 e. The van der Waals surface area contributed by atoms with Crippen molar-refractivity contribution >= 4 is 23.5 Å². The molecule has 4 amide bonds. The molecule has 0 atom stereocenters. The van der Waals surface area contributed by atoms with Crippen molar-refractivity contribution in [3.63, 3.8) is 0 Å². The van der Waals surface area contributed by atoms with E-state index in [2.05, 4.69) is 31.4 Å². The quantitative estimate of drug-likeness (QED) is 0.730. The van der Waals surface area contributed by atoms with Crippen LogP contribution in [0.2, 0.25) is 0 Å². The zero-order valence-electron chi connectivity index (χ0n) is 18.2. The van der Waals surface area contributed by atoms with Crippen molar-refractivity contribution in [3.05, 3.63) is 29.3 Å². The molecule has 2 aliphatic rings. The van der Waals surface area contributed by atoms with Gasteiger partial charge in [-0.2, -0.15) is 0 Å². The molecule has 1 heterocycles. The maximum atomic E-state index is 13.1. The summed E-state index contributed by atoms with van der Waals surface area (Å²) >= 11 is 0. The lowest BCUT2D eigenvalue weighted by molar-refractivity contribution is -0.135. The van der Waals surface area contributed by atoms with Crippen LogP contribution >= 0.6 is 0 Å². The lowest BCUT2D eigenvalue weighted by Gasteiger charge is -2.42. The fraction of sp³-hybridized carbons (Fsp3) is 0.609. The molecule has 1 aromatic rings. The van der Waals surface area contributed by atoms with Crippen molar-refractivity contribution in [2.45, 2.75) is 72.3 Å². The first kappa shape index (κ1) is 21.3. The summed E-state index contributed by atoms with van der Waals surface area (Å²) in [7, 11) is 0. The van der Waals surface area contributed by atoms with Crippen LogP contribution in [0.3, 0.4) is 0 Å². The van der Waals surface area contributed by atoms with E-state index in [0.29, 0.717) is 24.4 Å². The topological polar surface area (TPSA) is 78.5 Å². The molecule has 2 fully saturated rings. The molecule has 29 heavy (non-hydrogen) atoms. The summed E-state index contributed by atoms with van der Waals surface area (Å²) < 4.78 is 0. The minimum absolute atomic E-state index is 0.235. The van der Waals surface area contributed by atoms with Crippen LogP contribution in [0.4, 0.5) is 10.5 Å². The highest BCUT2D eigenvalue weighted by Crippen LogP contribution is 2.45. The lowest BCUT2D eigenvalue weighted by atomic mass is 9.65. The number of hydrogen-bond acceptors (Lipinski definition) is 3.